The summed E-state index contributed by atoms with van der Waals surface area (Å²) in [6.07, 6.45) is 1.43. The van der Waals surface area contributed by atoms with Gasteiger partial charge in [-0.05, 0) is 25.5 Å². The molecule has 2 aromatic rings. The molecule has 1 N–H and O–H groups in total. The largest absolute Gasteiger partial charge is 0.360 e. The normalized spacial score (nSPS) is 18.4. The van der Waals surface area contributed by atoms with E-state index in [-0.39, 0.29) is 11.8 Å². The van der Waals surface area contributed by atoms with Crippen LogP contribution in [-0.4, -0.2) is 66.0 Å². The van der Waals surface area contributed by atoms with Gasteiger partial charge in [0, 0.05) is 45.2 Å². The standard InChI is InChI=1S/C21H27N5O3/c1-16-13-17(29-23-16)14-24-9-11-25(12-10-24)15-20(27)22-18-5-2-3-6-19(18)26-8-4-7-21(26)28/h2-3,5-6,13H,4,7-12,14-15H2,1H3,(H,22,27). The maximum absolute atomic E-state index is 12.6. The first-order valence-corrected chi connectivity index (χ1v) is 10.1. The van der Waals surface area contributed by atoms with Crippen LogP contribution >= 0.6 is 0 Å². The number of anilines is 2. The first-order valence-electron chi connectivity index (χ1n) is 10.1. The van der Waals surface area contributed by atoms with Gasteiger partial charge in [0.25, 0.3) is 0 Å². The third-order valence-corrected chi connectivity index (χ3v) is 5.43. The molecule has 0 bridgehead atoms. The Morgan fingerprint density at radius 3 is 2.59 bits per heavy atom. The topological polar surface area (TPSA) is 81.9 Å². The van der Waals surface area contributed by atoms with E-state index in [2.05, 4.69) is 20.3 Å². The van der Waals surface area contributed by atoms with Gasteiger partial charge in [0.15, 0.2) is 5.76 Å². The van der Waals surface area contributed by atoms with Gasteiger partial charge in [-0.2, -0.15) is 0 Å². The molecule has 154 valence electrons. The maximum atomic E-state index is 12.6. The second kappa shape index (κ2) is 8.75. The zero-order valence-corrected chi connectivity index (χ0v) is 16.8. The van der Waals surface area contributed by atoms with E-state index in [0.29, 0.717) is 25.2 Å². The van der Waals surface area contributed by atoms with Crippen LogP contribution in [0, 0.1) is 6.92 Å². The van der Waals surface area contributed by atoms with E-state index in [4.69, 9.17) is 4.52 Å². The number of hydrogen-bond donors (Lipinski definition) is 1. The number of hydrogen-bond acceptors (Lipinski definition) is 6. The molecule has 4 rings (SSSR count). The summed E-state index contributed by atoms with van der Waals surface area (Å²) in [4.78, 5) is 30.9. The highest BCUT2D eigenvalue weighted by molar-refractivity contribution is 6.02. The van der Waals surface area contributed by atoms with Crippen LogP contribution < -0.4 is 10.2 Å². The number of rotatable bonds is 6. The molecule has 2 fully saturated rings. The smallest absolute Gasteiger partial charge is 0.238 e. The number of aromatic nitrogens is 1. The van der Waals surface area contributed by atoms with Crippen molar-refractivity contribution in [3.05, 3.63) is 41.8 Å². The van der Waals surface area contributed by atoms with Gasteiger partial charge in [-0.1, -0.05) is 17.3 Å². The Morgan fingerprint density at radius 2 is 1.90 bits per heavy atom. The number of nitrogens with zero attached hydrogens (tertiary/aromatic N) is 4. The second-order valence-corrected chi connectivity index (χ2v) is 7.70. The first kappa shape index (κ1) is 19.6. The number of carbonyl (C=O) groups is 2. The lowest BCUT2D eigenvalue weighted by Crippen LogP contribution is -2.48. The fraction of sp³-hybridized carbons (Fsp3) is 0.476. The summed E-state index contributed by atoms with van der Waals surface area (Å²) in [5.74, 6) is 0.940. The van der Waals surface area contributed by atoms with Gasteiger partial charge in [-0.3, -0.25) is 19.4 Å². The molecule has 0 atom stereocenters. The SMILES string of the molecule is Cc1cc(CN2CCN(CC(=O)Nc3ccccc3N3CCCC3=O)CC2)on1. The van der Waals surface area contributed by atoms with E-state index in [1.807, 2.05) is 37.3 Å². The molecule has 1 aromatic heterocycles. The molecule has 0 saturated carbocycles. The van der Waals surface area contributed by atoms with Crippen LogP contribution in [0.25, 0.3) is 0 Å². The van der Waals surface area contributed by atoms with Gasteiger partial charge >= 0.3 is 0 Å². The molecule has 0 spiro atoms. The van der Waals surface area contributed by atoms with E-state index in [1.54, 1.807) is 4.90 Å². The number of benzene rings is 1. The molecule has 1 aromatic carbocycles. The van der Waals surface area contributed by atoms with Crippen molar-refractivity contribution in [3.63, 3.8) is 0 Å². The highest BCUT2D eigenvalue weighted by atomic mass is 16.5. The molecule has 29 heavy (non-hydrogen) atoms. The molecule has 0 radical (unpaired) electrons. The van der Waals surface area contributed by atoms with Crippen molar-refractivity contribution in [1.82, 2.24) is 15.0 Å². The Balaban J connectivity index is 1.28. The third kappa shape index (κ3) is 4.83. The molecule has 2 amide bonds. The predicted octanol–water partition coefficient (Wildman–Crippen LogP) is 1.87. The quantitative estimate of drug-likeness (QED) is 0.801. The number of carbonyl (C=O) groups excluding carboxylic acids is 2. The summed E-state index contributed by atoms with van der Waals surface area (Å²) in [6.45, 7) is 7.13. The molecule has 2 aliphatic heterocycles. The van der Waals surface area contributed by atoms with Gasteiger partial charge in [0.1, 0.15) is 0 Å². The minimum Gasteiger partial charge on any atom is -0.360 e. The molecule has 0 unspecified atom stereocenters. The van der Waals surface area contributed by atoms with Crippen molar-refractivity contribution in [3.8, 4) is 0 Å². The number of piperazine rings is 1. The molecule has 0 aliphatic carbocycles. The van der Waals surface area contributed by atoms with E-state index < -0.39 is 0 Å². The lowest BCUT2D eigenvalue weighted by Gasteiger charge is -2.33. The van der Waals surface area contributed by atoms with Crippen LogP contribution in [0.1, 0.15) is 24.3 Å². The lowest BCUT2D eigenvalue weighted by atomic mass is 10.2. The Labute approximate surface area is 170 Å². The van der Waals surface area contributed by atoms with Crippen molar-refractivity contribution in [2.45, 2.75) is 26.3 Å². The maximum Gasteiger partial charge on any atom is 0.238 e. The fourth-order valence-corrected chi connectivity index (χ4v) is 3.93. The van der Waals surface area contributed by atoms with E-state index >= 15 is 0 Å². The minimum absolute atomic E-state index is 0.0524. The van der Waals surface area contributed by atoms with E-state index in [1.165, 1.54) is 0 Å². The van der Waals surface area contributed by atoms with Gasteiger partial charge in [-0.15, -0.1) is 0 Å². The van der Waals surface area contributed by atoms with Crippen LogP contribution in [-0.2, 0) is 16.1 Å². The highest BCUT2D eigenvalue weighted by Crippen LogP contribution is 2.29. The average Bonchev–Trinajstić information content (AvgIpc) is 3.32. The van der Waals surface area contributed by atoms with Crippen LogP contribution in [0.4, 0.5) is 11.4 Å². The zero-order chi connectivity index (χ0) is 20.2. The first-order chi connectivity index (χ1) is 14.1. The summed E-state index contributed by atoms with van der Waals surface area (Å²) in [5, 5.41) is 6.92. The number of nitrogens with one attached hydrogen (secondary N) is 1. The Kier molecular flexibility index (Phi) is 5.92. The highest BCUT2D eigenvalue weighted by Gasteiger charge is 2.25. The monoisotopic (exact) mass is 397 g/mol. The molecule has 2 aliphatic rings. The Bertz CT molecular complexity index is 873. The van der Waals surface area contributed by atoms with E-state index in [9.17, 15) is 9.59 Å². The molecule has 8 heteroatoms. The van der Waals surface area contributed by atoms with Crippen LogP contribution in [0.2, 0.25) is 0 Å². The fourth-order valence-electron chi connectivity index (χ4n) is 3.93. The van der Waals surface area contributed by atoms with Crippen molar-refractivity contribution in [2.24, 2.45) is 0 Å². The Hall–Kier alpha value is -2.71. The number of amides is 2. The van der Waals surface area contributed by atoms with Gasteiger partial charge in [0.2, 0.25) is 11.8 Å². The summed E-state index contributed by atoms with van der Waals surface area (Å²) in [5.41, 5.74) is 2.38. The van der Waals surface area contributed by atoms with Crippen molar-refractivity contribution in [2.75, 3.05) is 49.5 Å². The molecular weight excluding hydrogens is 370 g/mol. The summed E-state index contributed by atoms with van der Waals surface area (Å²) in [6, 6.07) is 9.48. The van der Waals surface area contributed by atoms with Gasteiger partial charge in [0.05, 0.1) is 30.2 Å². The van der Waals surface area contributed by atoms with Crippen LogP contribution in [0.3, 0.4) is 0 Å². The summed E-state index contributed by atoms with van der Waals surface area (Å²) in [7, 11) is 0. The molecule has 2 saturated heterocycles. The third-order valence-electron chi connectivity index (χ3n) is 5.43. The Morgan fingerprint density at radius 1 is 1.14 bits per heavy atom. The van der Waals surface area contributed by atoms with Crippen LogP contribution in [0.15, 0.2) is 34.9 Å². The lowest BCUT2D eigenvalue weighted by molar-refractivity contribution is -0.118. The van der Waals surface area contributed by atoms with Gasteiger partial charge < -0.3 is 14.7 Å². The average molecular weight is 397 g/mol. The molecule has 3 heterocycles. The van der Waals surface area contributed by atoms with E-state index in [0.717, 1.165) is 56.3 Å². The van der Waals surface area contributed by atoms with Crippen molar-refractivity contribution >= 4 is 23.2 Å². The van der Waals surface area contributed by atoms with Gasteiger partial charge in [-0.25, -0.2) is 0 Å². The molecule has 8 nitrogen and oxygen atoms in total. The second-order valence-electron chi connectivity index (χ2n) is 7.70. The van der Waals surface area contributed by atoms with Crippen molar-refractivity contribution in [1.29, 1.82) is 0 Å². The number of aryl methyl sites for hydroxylation is 1. The minimum atomic E-state index is -0.0524. The predicted molar refractivity (Wildman–Crippen MR) is 110 cm³/mol. The number of para-hydroxylation sites is 2. The van der Waals surface area contributed by atoms with Crippen molar-refractivity contribution < 1.29 is 14.1 Å². The molecular formula is C21H27N5O3. The van der Waals surface area contributed by atoms with Crippen LogP contribution in [0.5, 0.6) is 0 Å². The summed E-state index contributed by atoms with van der Waals surface area (Å²) < 4.78 is 5.29. The zero-order valence-electron chi connectivity index (χ0n) is 16.8. The summed E-state index contributed by atoms with van der Waals surface area (Å²) >= 11 is 0.